The molecule has 1 saturated carbocycles. The zero-order valence-corrected chi connectivity index (χ0v) is 11.6. The van der Waals surface area contributed by atoms with E-state index in [0.717, 1.165) is 25.8 Å². The second-order valence-corrected chi connectivity index (χ2v) is 5.48. The van der Waals surface area contributed by atoms with Crippen LogP contribution in [0, 0.1) is 5.92 Å². The van der Waals surface area contributed by atoms with Crippen molar-refractivity contribution in [1.29, 1.82) is 0 Å². The zero-order valence-electron chi connectivity index (χ0n) is 11.6. The first-order valence-electron chi connectivity index (χ1n) is 7.05. The summed E-state index contributed by atoms with van der Waals surface area (Å²) in [5.74, 6) is 0.604. The summed E-state index contributed by atoms with van der Waals surface area (Å²) in [5, 5.41) is 0. The number of hydrogen-bond donors (Lipinski definition) is 1. The van der Waals surface area contributed by atoms with E-state index in [1.165, 1.54) is 12.0 Å². The number of pyridine rings is 1. The van der Waals surface area contributed by atoms with Crippen molar-refractivity contribution in [3.63, 3.8) is 0 Å². The maximum absolute atomic E-state index is 12.1. The molecule has 4 heteroatoms. The number of nitrogens with zero attached hydrogens (tertiary/aromatic N) is 2. The predicted octanol–water partition coefficient (Wildman–Crippen LogP) is 1.60. The third-order valence-corrected chi connectivity index (χ3v) is 4.07. The van der Waals surface area contributed by atoms with Gasteiger partial charge in [0.2, 0.25) is 5.91 Å². The Kier molecular flexibility index (Phi) is 4.91. The molecule has 0 aromatic carbocycles. The van der Waals surface area contributed by atoms with Gasteiger partial charge in [-0.25, -0.2) is 0 Å². The maximum Gasteiger partial charge on any atom is 0.222 e. The van der Waals surface area contributed by atoms with Crippen molar-refractivity contribution in [3.05, 3.63) is 30.1 Å². The Morgan fingerprint density at radius 3 is 2.79 bits per heavy atom. The van der Waals surface area contributed by atoms with Crippen LogP contribution in [-0.4, -0.2) is 35.4 Å². The lowest BCUT2D eigenvalue weighted by Crippen LogP contribution is -2.34. The Labute approximate surface area is 115 Å². The van der Waals surface area contributed by atoms with Crippen molar-refractivity contribution in [1.82, 2.24) is 9.88 Å². The van der Waals surface area contributed by atoms with Crippen molar-refractivity contribution in [2.45, 2.75) is 38.1 Å². The minimum absolute atomic E-state index is 0.219. The molecule has 0 saturated heterocycles. The molecular formula is C15H23N3O. The molecule has 4 nitrogen and oxygen atoms in total. The van der Waals surface area contributed by atoms with Crippen LogP contribution >= 0.6 is 0 Å². The average molecular weight is 261 g/mol. The highest BCUT2D eigenvalue weighted by Gasteiger charge is 2.26. The maximum atomic E-state index is 12.1. The van der Waals surface area contributed by atoms with Gasteiger partial charge >= 0.3 is 0 Å². The summed E-state index contributed by atoms with van der Waals surface area (Å²) in [6.45, 7) is 0.755. The van der Waals surface area contributed by atoms with Gasteiger partial charge in [-0.05, 0) is 42.9 Å². The molecule has 104 valence electrons. The monoisotopic (exact) mass is 261 g/mol. The van der Waals surface area contributed by atoms with Gasteiger partial charge in [0.15, 0.2) is 0 Å². The van der Waals surface area contributed by atoms with E-state index in [-0.39, 0.29) is 11.9 Å². The molecule has 0 spiro atoms. The summed E-state index contributed by atoms with van der Waals surface area (Å²) in [4.78, 5) is 17.9. The number of likely N-dealkylation sites (N-methyl/N-ethyl adjacent to an activating group) is 1. The quantitative estimate of drug-likeness (QED) is 0.876. The summed E-state index contributed by atoms with van der Waals surface area (Å²) < 4.78 is 0. The molecule has 1 fully saturated rings. The minimum Gasteiger partial charge on any atom is -0.345 e. The SMILES string of the molecule is CN(CCc1ccncc1)C(=O)C[C@@H]1CCC[C@H]1N. The van der Waals surface area contributed by atoms with Crippen LogP contribution in [-0.2, 0) is 11.2 Å². The van der Waals surface area contributed by atoms with Crippen LogP contribution in [0.5, 0.6) is 0 Å². The average Bonchev–Trinajstić information content (AvgIpc) is 2.82. The third-order valence-electron chi connectivity index (χ3n) is 4.07. The fraction of sp³-hybridized carbons (Fsp3) is 0.600. The summed E-state index contributed by atoms with van der Waals surface area (Å²) in [6, 6.07) is 4.20. The van der Waals surface area contributed by atoms with Gasteiger partial charge in [0.25, 0.3) is 0 Å². The molecule has 2 atom stereocenters. The van der Waals surface area contributed by atoms with Gasteiger partial charge in [0.05, 0.1) is 0 Å². The van der Waals surface area contributed by atoms with E-state index >= 15 is 0 Å². The Balaban J connectivity index is 1.76. The Hall–Kier alpha value is -1.42. The highest BCUT2D eigenvalue weighted by atomic mass is 16.2. The predicted molar refractivity (Wildman–Crippen MR) is 75.5 cm³/mol. The topological polar surface area (TPSA) is 59.2 Å². The van der Waals surface area contributed by atoms with Crippen molar-refractivity contribution in [3.8, 4) is 0 Å². The lowest BCUT2D eigenvalue weighted by atomic mass is 9.99. The Bertz CT molecular complexity index is 407. The van der Waals surface area contributed by atoms with Crippen molar-refractivity contribution in [2.24, 2.45) is 11.7 Å². The molecule has 0 aliphatic heterocycles. The summed E-state index contributed by atoms with van der Waals surface area (Å²) in [7, 11) is 1.88. The number of amides is 1. The van der Waals surface area contributed by atoms with Gasteiger partial charge in [-0.15, -0.1) is 0 Å². The van der Waals surface area contributed by atoms with E-state index in [9.17, 15) is 4.79 Å². The standard InChI is InChI=1S/C15H23N3O/c1-18(10-7-12-5-8-17-9-6-12)15(19)11-13-3-2-4-14(13)16/h5-6,8-9,13-14H,2-4,7,10-11,16H2,1H3/t13-,14+/m0/s1. The smallest absolute Gasteiger partial charge is 0.222 e. The van der Waals surface area contributed by atoms with Crippen LogP contribution in [0.1, 0.15) is 31.2 Å². The second-order valence-electron chi connectivity index (χ2n) is 5.48. The summed E-state index contributed by atoms with van der Waals surface area (Å²) in [5.41, 5.74) is 7.23. The zero-order chi connectivity index (χ0) is 13.7. The summed E-state index contributed by atoms with van der Waals surface area (Å²) >= 11 is 0. The molecule has 1 aliphatic carbocycles. The first-order chi connectivity index (χ1) is 9.16. The van der Waals surface area contributed by atoms with E-state index in [1.807, 2.05) is 24.1 Å². The Morgan fingerprint density at radius 1 is 1.42 bits per heavy atom. The number of carbonyl (C=O) groups is 1. The second kappa shape index (κ2) is 6.66. The first kappa shape index (κ1) is 14.0. The molecule has 1 aromatic heterocycles. The van der Waals surface area contributed by atoms with Crippen LogP contribution < -0.4 is 5.73 Å². The highest BCUT2D eigenvalue weighted by molar-refractivity contribution is 5.76. The molecule has 1 amide bonds. The molecule has 2 N–H and O–H groups in total. The van der Waals surface area contributed by atoms with Crippen LogP contribution in [0.15, 0.2) is 24.5 Å². The molecule has 19 heavy (non-hydrogen) atoms. The number of carbonyl (C=O) groups excluding carboxylic acids is 1. The Morgan fingerprint density at radius 2 is 2.16 bits per heavy atom. The van der Waals surface area contributed by atoms with Gasteiger partial charge in [-0.2, -0.15) is 0 Å². The largest absolute Gasteiger partial charge is 0.345 e. The van der Waals surface area contributed by atoms with Crippen LogP contribution in [0.4, 0.5) is 0 Å². The molecule has 1 heterocycles. The lowest BCUT2D eigenvalue weighted by molar-refractivity contribution is -0.130. The molecule has 2 rings (SSSR count). The van der Waals surface area contributed by atoms with Crippen molar-refractivity contribution >= 4 is 5.91 Å². The first-order valence-corrected chi connectivity index (χ1v) is 7.05. The fourth-order valence-corrected chi connectivity index (χ4v) is 2.67. The molecule has 1 aliphatic rings. The van der Waals surface area contributed by atoms with E-state index in [4.69, 9.17) is 5.73 Å². The molecule has 0 radical (unpaired) electrons. The minimum atomic E-state index is 0.219. The number of hydrogen-bond acceptors (Lipinski definition) is 3. The lowest BCUT2D eigenvalue weighted by Gasteiger charge is -2.21. The summed E-state index contributed by atoms with van der Waals surface area (Å²) in [6.07, 6.45) is 8.39. The van der Waals surface area contributed by atoms with Gasteiger partial charge < -0.3 is 10.6 Å². The van der Waals surface area contributed by atoms with E-state index < -0.39 is 0 Å². The van der Waals surface area contributed by atoms with Gasteiger partial charge in [0, 0.05) is 38.4 Å². The van der Waals surface area contributed by atoms with Gasteiger partial charge in [-0.1, -0.05) is 6.42 Å². The van der Waals surface area contributed by atoms with Gasteiger partial charge in [-0.3, -0.25) is 9.78 Å². The molecular weight excluding hydrogens is 238 g/mol. The van der Waals surface area contributed by atoms with Crippen molar-refractivity contribution in [2.75, 3.05) is 13.6 Å². The van der Waals surface area contributed by atoms with Gasteiger partial charge in [0.1, 0.15) is 0 Å². The molecule has 0 bridgehead atoms. The number of aromatic nitrogens is 1. The fourth-order valence-electron chi connectivity index (χ4n) is 2.67. The number of nitrogens with two attached hydrogens (primary N) is 1. The molecule has 0 unspecified atom stereocenters. The van der Waals surface area contributed by atoms with Crippen LogP contribution in [0.3, 0.4) is 0 Å². The van der Waals surface area contributed by atoms with Crippen LogP contribution in [0.25, 0.3) is 0 Å². The van der Waals surface area contributed by atoms with E-state index in [0.29, 0.717) is 12.3 Å². The number of rotatable bonds is 5. The highest BCUT2D eigenvalue weighted by Crippen LogP contribution is 2.27. The normalized spacial score (nSPS) is 22.4. The van der Waals surface area contributed by atoms with Crippen LogP contribution in [0.2, 0.25) is 0 Å². The van der Waals surface area contributed by atoms with E-state index in [1.54, 1.807) is 12.4 Å². The van der Waals surface area contributed by atoms with E-state index in [2.05, 4.69) is 4.98 Å². The molecule has 1 aromatic rings. The third kappa shape index (κ3) is 4.03. The van der Waals surface area contributed by atoms with Crippen molar-refractivity contribution < 1.29 is 4.79 Å².